The lowest BCUT2D eigenvalue weighted by atomic mass is 10.2. The highest BCUT2D eigenvalue weighted by molar-refractivity contribution is 5.96. The second-order valence-electron chi connectivity index (χ2n) is 4.39. The van der Waals surface area contributed by atoms with Crippen LogP contribution in [-0.4, -0.2) is 36.1 Å². The van der Waals surface area contributed by atoms with Gasteiger partial charge in [0.2, 0.25) is 0 Å². The van der Waals surface area contributed by atoms with Crippen LogP contribution in [0.5, 0.6) is 0 Å². The van der Waals surface area contributed by atoms with Gasteiger partial charge in [0.15, 0.2) is 0 Å². The molecular weight excluding hydrogens is 274 g/mol. The molecule has 0 aromatic heterocycles. The van der Waals surface area contributed by atoms with E-state index in [4.69, 9.17) is 5.11 Å². The van der Waals surface area contributed by atoms with E-state index < -0.39 is 18.4 Å². The summed E-state index contributed by atoms with van der Waals surface area (Å²) in [6.45, 7) is 2.21. The Bertz CT molecular complexity index is 499. The lowest BCUT2D eigenvalue weighted by Crippen LogP contribution is -2.30. The van der Waals surface area contributed by atoms with E-state index in [-0.39, 0.29) is 6.03 Å². The number of carboxylic acids is 1. The summed E-state index contributed by atoms with van der Waals surface area (Å²) >= 11 is 0. The van der Waals surface area contributed by atoms with E-state index in [1.54, 1.807) is 12.1 Å². The predicted octanol–water partition coefficient (Wildman–Crippen LogP) is 1.42. The minimum atomic E-state index is -1.11. The van der Waals surface area contributed by atoms with Gasteiger partial charge in [-0.15, -0.1) is 0 Å². The number of urea groups is 1. The predicted molar refractivity (Wildman–Crippen MR) is 78.3 cm³/mol. The number of nitrogens with one attached hydrogen (secondary N) is 3. The number of carbonyl (C=O) groups is 3. The molecule has 0 aliphatic rings. The normalized spacial score (nSPS) is 9.76. The Balaban J connectivity index is 2.48. The Morgan fingerprint density at radius 2 is 1.76 bits per heavy atom. The van der Waals surface area contributed by atoms with Crippen molar-refractivity contribution in [2.24, 2.45) is 0 Å². The first-order valence-electron chi connectivity index (χ1n) is 6.68. The highest BCUT2D eigenvalue weighted by Gasteiger charge is 2.07. The standard InChI is InChI=1S/C14H19N3O4/c1-2-3-8-15-14(21)17-11-6-4-10(5-7-11)13(20)16-9-12(18)19/h4-7H,2-3,8-9H2,1H3,(H,16,20)(H,18,19)(H2,15,17,21). The average molecular weight is 293 g/mol. The Morgan fingerprint density at radius 3 is 2.33 bits per heavy atom. The topological polar surface area (TPSA) is 108 Å². The molecular formula is C14H19N3O4. The number of hydrogen-bond donors (Lipinski definition) is 4. The zero-order chi connectivity index (χ0) is 15.7. The molecule has 3 amide bonds. The van der Waals surface area contributed by atoms with E-state index in [0.717, 1.165) is 12.8 Å². The first-order valence-corrected chi connectivity index (χ1v) is 6.68. The molecule has 114 valence electrons. The van der Waals surface area contributed by atoms with Gasteiger partial charge in [-0.25, -0.2) is 4.79 Å². The second-order valence-corrected chi connectivity index (χ2v) is 4.39. The molecule has 0 unspecified atom stereocenters. The second kappa shape index (κ2) is 8.57. The van der Waals surface area contributed by atoms with Gasteiger partial charge in [0.1, 0.15) is 6.54 Å². The summed E-state index contributed by atoms with van der Waals surface area (Å²) in [6, 6.07) is 5.88. The third kappa shape index (κ3) is 6.42. The van der Waals surface area contributed by atoms with Crippen molar-refractivity contribution in [3.05, 3.63) is 29.8 Å². The Morgan fingerprint density at radius 1 is 1.10 bits per heavy atom. The Labute approximate surface area is 122 Å². The summed E-state index contributed by atoms with van der Waals surface area (Å²) in [7, 11) is 0. The van der Waals surface area contributed by atoms with Crippen LogP contribution in [0.25, 0.3) is 0 Å². The van der Waals surface area contributed by atoms with Gasteiger partial charge >= 0.3 is 12.0 Å². The van der Waals surface area contributed by atoms with Crippen molar-refractivity contribution < 1.29 is 19.5 Å². The minimum Gasteiger partial charge on any atom is -0.480 e. The molecule has 0 bridgehead atoms. The van der Waals surface area contributed by atoms with E-state index in [1.165, 1.54) is 12.1 Å². The van der Waals surface area contributed by atoms with Crippen molar-refractivity contribution in [2.45, 2.75) is 19.8 Å². The minimum absolute atomic E-state index is 0.300. The van der Waals surface area contributed by atoms with Crippen LogP contribution in [0.3, 0.4) is 0 Å². The van der Waals surface area contributed by atoms with Crippen molar-refractivity contribution in [3.63, 3.8) is 0 Å². The van der Waals surface area contributed by atoms with Crippen molar-refractivity contribution in [1.29, 1.82) is 0 Å². The van der Waals surface area contributed by atoms with E-state index in [0.29, 0.717) is 17.8 Å². The SMILES string of the molecule is CCCCNC(=O)Nc1ccc(C(=O)NCC(=O)O)cc1. The number of rotatable bonds is 7. The number of benzene rings is 1. The van der Waals surface area contributed by atoms with Crippen LogP contribution in [0.4, 0.5) is 10.5 Å². The van der Waals surface area contributed by atoms with Gasteiger partial charge in [-0.05, 0) is 30.7 Å². The molecule has 0 saturated carbocycles. The van der Waals surface area contributed by atoms with E-state index >= 15 is 0 Å². The summed E-state index contributed by atoms with van der Waals surface area (Å²) < 4.78 is 0. The molecule has 0 spiro atoms. The zero-order valence-corrected chi connectivity index (χ0v) is 11.8. The Kier molecular flexibility index (Phi) is 6.73. The molecule has 0 aliphatic carbocycles. The molecule has 0 radical (unpaired) electrons. The monoisotopic (exact) mass is 293 g/mol. The van der Waals surface area contributed by atoms with Gasteiger partial charge in [-0.2, -0.15) is 0 Å². The maximum Gasteiger partial charge on any atom is 0.322 e. The number of aliphatic carboxylic acids is 1. The fourth-order valence-corrected chi connectivity index (χ4v) is 1.52. The number of carbonyl (C=O) groups excluding carboxylic acids is 2. The molecule has 7 heteroatoms. The Hall–Kier alpha value is -2.57. The highest BCUT2D eigenvalue weighted by Crippen LogP contribution is 2.09. The third-order valence-electron chi connectivity index (χ3n) is 2.62. The maximum absolute atomic E-state index is 11.6. The third-order valence-corrected chi connectivity index (χ3v) is 2.62. The largest absolute Gasteiger partial charge is 0.480 e. The molecule has 21 heavy (non-hydrogen) atoms. The number of unbranched alkanes of at least 4 members (excludes halogenated alkanes) is 1. The lowest BCUT2D eigenvalue weighted by Gasteiger charge is -2.08. The number of carboxylic acid groups (broad SMARTS) is 1. The molecule has 4 N–H and O–H groups in total. The van der Waals surface area contributed by atoms with Gasteiger partial charge in [0.25, 0.3) is 5.91 Å². The molecule has 0 fully saturated rings. The summed E-state index contributed by atoms with van der Waals surface area (Å²) in [5.74, 6) is -1.58. The van der Waals surface area contributed by atoms with E-state index in [2.05, 4.69) is 16.0 Å². The molecule has 1 aromatic rings. The number of anilines is 1. The molecule has 0 atom stereocenters. The van der Waals surface area contributed by atoms with E-state index in [9.17, 15) is 14.4 Å². The van der Waals surface area contributed by atoms with Crippen LogP contribution in [-0.2, 0) is 4.79 Å². The van der Waals surface area contributed by atoms with Crippen molar-refractivity contribution in [3.8, 4) is 0 Å². The van der Waals surface area contributed by atoms with Gasteiger partial charge in [-0.3, -0.25) is 9.59 Å². The average Bonchev–Trinajstić information content (AvgIpc) is 2.45. The first kappa shape index (κ1) is 16.5. The molecule has 1 rings (SSSR count). The summed E-state index contributed by atoms with van der Waals surface area (Å²) in [5.41, 5.74) is 0.881. The molecule has 0 saturated heterocycles. The number of hydrogen-bond acceptors (Lipinski definition) is 3. The lowest BCUT2D eigenvalue weighted by molar-refractivity contribution is -0.135. The van der Waals surface area contributed by atoms with Crippen molar-refractivity contribution in [1.82, 2.24) is 10.6 Å². The van der Waals surface area contributed by atoms with Crippen LogP contribution < -0.4 is 16.0 Å². The van der Waals surface area contributed by atoms with Crippen molar-refractivity contribution in [2.75, 3.05) is 18.4 Å². The molecule has 7 nitrogen and oxygen atoms in total. The first-order chi connectivity index (χ1) is 10.0. The van der Waals surface area contributed by atoms with Crippen LogP contribution in [0.1, 0.15) is 30.1 Å². The summed E-state index contributed by atoms with van der Waals surface area (Å²) in [6.07, 6.45) is 1.91. The van der Waals surface area contributed by atoms with Gasteiger partial charge in [-0.1, -0.05) is 13.3 Å². The zero-order valence-electron chi connectivity index (χ0n) is 11.8. The van der Waals surface area contributed by atoms with Crippen LogP contribution in [0.15, 0.2) is 24.3 Å². The quantitative estimate of drug-likeness (QED) is 0.570. The van der Waals surface area contributed by atoms with Crippen LogP contribution >= 0.6 is 0 Å². The maximum atomic E-state index is 11.6. The molecule has 1 aromatic carbocycles. The molecule has 0 heterocycles. The van der Waals surface area contributed by atoms with E-state index in [1.807, 2.05) is 6.92 Å². The van der Waals surface area contributed by atoms with Gasteiger partial charge < -0.3 is 21.1 Å². The summed E-state index contributed by atoms with van der Waals surface area (Å²) in [4.78, 5) is 33.4. The molecule has 0 aliphatic heterocycles. The van der Waals surface area contributed by atoms with Crippen molar-refractivity contribution >= 4 is 23.6 Å². The highest BCUT2D eigenvalue weighted by atomic mass is 16.4. The fourth-order valence-electron chi connectivity index (χ4n) is 1.52. The fraction of sp³-hybridized carbons (Fsp3) is 0.357. The smallest absolute Gasteiger partial charge is 0.322 e. The van der Waals surface area contributed by atoms with Gasteiger partial charge in [0.05, 0.1) is 0 Å². The van der Waals surface area contributed by atoms with Gasteiger partial charge in [0, 0.05) is 17.8 Å². The van der Waals surface area contributed by atoms with Crippen LogP contribution in [0.2, 0.25) is 0 Å². The number of amides is 3. The summed E-state index contributed by atoms with van der Waals surface area (Å²) in [5, 5.41) is 16.1. The van der Waals surface area contributed by atoms with Crippen LogP contribution in [0, 0.1) is 0 Å².